The molecule has 4 nitrogen and oxygen atoms in total. The number of para-hydroxylation sites is 1. The Kier molecular flexibility index (Phi) is 3.42. The minimum atomic E-state index is 0.393. The summed E-state index contributed by atoms with van der Waals surface area (Å²) in [4.78, 5) is 8.48. The number of benzene rings is 1. The van der Waals surface area contributed by atoms with E-state index in [2.05, 4.69) is 15.3 Å². The summed E-state index contributed by atoms with van der Waals surface area (Å²) in [5, 5.41) is 3.43. The maximum atomic E-state index is 5.66. The van der Waals surface area contributed by atoms with Crippen molar-refractivity contribution in [1.82, 2.24) is 15.3 Å². The Hall–Kier alpha value is -1.94. The van der Waals surface area contributed by atoms with Gasteiger partial charge in [0.1, 0.15) is 5.75 Å². The van der Waals surface area contributed by atoms with Crippen LogP contribution in [0, 0.1) is 6.92 Å². The molecular formula is C15H17N3O. The fraction of sp³-hybridized carbons (Fsp3) is 0.333. The molecule has 0 spiro atoms. The highest BCUT2D eigenvalue weighted by molar-refractivity contribution is 5.33. The molecule has 1 aliphatic carbocycles. The molecule has 1 N–H and O–H groups in total. The zero-order chi connectivity index (χ0) is 13.1. The second-order valence-corrected chi connectivity index (χ2v) is 4.90. The number of ether oxygens (including phenoxy) is 1. The molecular weight excluding hydrogens is 238 g/mol. The van der Waals surface area contributed by atoms with Gasteiger partial charge in [0, 0.05) is 30.5 Å². The van der Waals surface area contributed by atoms with Crippen LogP contribution in [0.1, 0.15) is 24.0 Å². The summed E-state index contributed by atoms with van der Waals surface area (Å²) in [6, 6.07) is 8.93. The van der Waals surface area contributed by atoms with E-state index in [1.807, 2.05) is 43.6 Å². The quantitative estimate of drug-likeness (QED) is 0.892. The van der Waals surface area contributed by atoms with Gasteiger partial charge in [0.15, 0.2) is 0 Å². The Balaban J connectivity index is 1.63. The van der Waals surface area contributed by atoms with Crippen LogP contribution in [0.4, 0.5) is 0 Å². The lowest BCUT2D eigenvalue weighted by molar-refractivity contribution is 0.437. The molecule has 1 aromatic heterocycles. The van der Waals surface area contributed by atoms with Crippen molar-refractivity contribution in [2.24, 2.45) is 0 Å². The second-order valence-electron chi connectivity index (χ2n) is 4.90. The molecule has 0 atom stereocenters. The summed E-state index contributed by atoms with van der Waals surface area (Å²) in [5.41, 5.74) is 2.16. The van der Waals surface area contributed by atoms with Crippen molar-refractivity contribution < 1.29 is 4.74 Å². The van der Waals surface area contributed by atoms with Gasteiger partial charge >= 0.3 is 6.01 Å². The number of hydrogen-bond donors (Lipinski definition) is 1. The van der Waals surface area contributed by atoms with E-state index < -0.39 is 0 Å². The predicted molar refractivity (Wildman–Crippen MR) is 73.1 cm³/mol. The molecule has 1 aromatic carbocycles. The van der Waals surface area contributed by atoms with E-state index in [-0.39, 0.29) is 0 Å². The smallest absolute Gasteiger partial charge is 0.321 e. The first-order valence-electron chi connectivity index (χ1n) is 6.59. The monoisotopic (exact) mass is 255 g/mol. The summed E-state index contributed by atoms with van der Waals surface area (Å²) in [6.45, 7) is 2.83. The molecule has 1 heterocycles. The highest BCUT2D eigenvalue weighted by Crippen LogP contribution is 2.22. The van der Waals surface area contributed by atoms with Crippen molar-refractivity contribution in [2.45, 2.75) is 32.4 Å². The fourth-order valence-electron chi connectivity index (χ4n) is 1.81. The molecule has 1 fully saturated rings. The lowest BCUT2D eigenvalue weighted by Crippen LogP contribution is -2.15. The molecule has 0 bridgehead atoms. The van der Waals surface area contributed by atoms with Crippen molar-refractivity contribution in [3.05, 3.63) is 47.8 Å². The molecule has 0 unspecified atom stereocenters. The Bertz CT molecular complexity index is 550. The van der Waals surface area contributed by atoms with E-state index in [4.69, 9.17) is 4.74 Å². The van der Waals surface area contributed by atoms with E-state index in [9.17, 15) is 0 Å². The van der Waals surface area contributed by atoms with Crippen LogP contribution in [0.5, 0.6) is 11.8 Å². The molecule has 1 aliphatic rings. The van der Waals surface area contributed by atoms with Crippen LogP contribution in [-0.2, 0) is 6.54 Å². The van der Waals surface area contributed by atoms with Crippen molar-refractivity contribution in [3.63, 3.8) is 0 Å². The van der Waals surface area contributed by atoms with Crippen molar-refractivity contribution in [1.29, 1.82) is 0 Å². The molecule has 0 saturated heterocycles. The maximum absolute atomic E-state index is 5.66. The van der Waals surface area contributed by atoms with Gasteiger partial charge in [-0.1, -0.05) is 18.2 Å². The first-order valence-corrected chi connectivity index (χ1v) is 6.59. The number of nitrogens with zero attached hydrogens (tertiary/aromatic N) is 2. The van der Waals surface area contributed by atoms with Crippen LogP contribution in [0.2, 0.25) is 0 Å². The van der Waals surface area contributed by atoms with Gasteiger partial charge in [-0.05, 0) is 31.4 Å². The molecule has 1 saturated carbocycles. The summed E-state index contributed by atoms with van der Waals surface area (Å²) >= 11 is 0. The van der Waals surface area contributed by atoms with Crippen molar-refractivity contribution >= 4 is 0 Å². The average molecular weight is 255 g/mol. The molecule has 98 valence electrons. The van der Waals surface area contributed by atoms with E-state index in [1.54, 1.807) is 0 Å². The molecule has 4 heteroatoms. The molecule has 0 amide bonds. The van der Waals surface area contributed by atoms with Gasteiger partial charge in [0.2, 0.25) is 0 Å². The van der Waals surface area contributed by atoms with Crippen LogP contribution in [0.15, 0.2) is 36.7 Å². The lowest BCUT2D eigenvalue weighted by atomic mass is 10.2. The van der Waals surface area contributed by atoms with Crippen molar-refractivity contribution in [3.8, 4) is 11.8 Å². The largest absolute Gasteiger partial charge is 0.424 e. The second kappa shape index (κ2) is 5.36. The Morgan fingerprint density at radius 2 is 1.95 bits per heavy atom. The van der Waals surface area contributed by atoms with Gasteiger partial charge in [-0.15, -0.1) is 0 Å². The summed E-state index contributed by atoms with van der Waals surface area (Å²) in [5.74, 6) is 0.798. The number of nitrogens with one attached hydrogen (secondary N) is 1. The normalized spacial score (nSPS) is 14.4. The third-order valence-corrected chi connectivity index (χ3v) is 3.15. The number of rotatable bonds is 5. The predicted octanol–water partition coefficient (Wildman–Crippen LogP) is 2.83. The average Bonchev–Trinajstić information content (AvgIpc) is 3.25. The first kappa shape index (κ1) is 12.1. The highest BCUT2D eigenvalue weighted by Gasteiger charge is 2.19. The van der Waals surface area contributed by atoms with Crippen LogP contribution in [0.25, 0.3) is 0 Å². The number of aryl methyl sites for hydroxylation is 1. The molecule has 0 radical (unpaired) electrons. The first-order chi connectivity index (χ1) is 9.31. The van der Waals surface area contributed by atoms with E-state index in [0.29, 0.717) is 12.1 Å². The topological polar surface area (TPSA) is 47.0 Å². The van der Waals surface area contributed by atoms with E-state index in [1.165, 1.54) is 12.8 Å². The highest BCUT2D eigenvalue weighted by atomic mass is 16.5. The maximum Gasteiger partial charge on any atom is 0.321 e. The van der Waals surface area contributed by atoms with Gasteiger partial charge in [0.05, 0.1) is 0 Å². The minimum Gasteiger partial charge on any atom is -0.424 e. The van der Waals surface area contributed by atoms with Crippen LogP contribution < -0.4 is 10.1 Å². The number of hydrogen-bond acceptors (Lipinski definition) is 4. The van der Waals surface area contributed by atoms with Gasteiger partial charge in [0.25, 0.3) is 0 Å². The van der Waals surface area contributed by atoms with Gasteiger partial charge < -0.3 is 10.1 Å². The summed E-state index contributed by atoms with van der Waals surface area (Å²) in [6.07, 6.45) is 6.21. The minimum absolute atomic E-state index is 0.393. The standard InChI is InChI=1S/C15H17N3O/c1-11-4-2-3-5-14(11)19-15-17-9-12(10-18-15)8-16-13-6-7-13/h2-5,9-10,13,16H,6-8H2,1H3. The van der Waals surface area contributed by atoms with Crippen LogP contribution >= 0.6 is 0 Å². The third-order valence-electron chi connectivity index (χ3n) is 3.15. The van der Waals surface area contributed by atoms with Crippen LogP contribution in [-0.4, -0.2) is 16.0 Å². The SMILES string of the molecule is Cc1ccccc1Oc1ncc(CNC2CC2)cn1. The lowest BCUT2D eigenvalue weighted by Gasteiger charge is -2.07. The third kappa shape index (κ3) is 3.29. The fourth-order valence-corrected chi connectivity index (χ4v) is 1.81. The molecule has 3 rings (SSSR count). The van der Waals surface area contributed by atoms with Gasteiger partial charge in [-0.25, -0.2) is 9.97 Å². The van der Waals surface area contributed by atoms with E-state index in [0.717, 1.165) is 23.4 Å². The van der Waals surface area contributed by atoms with Crippen molar-refractivity contribution in [2.75, 3.05) is 0 Å². The number of aromatic nitrogens is 2. The van der Waals surface area contributed by atoms with Crippen LogP contribution in [0.3, 0.4) is 0 Å². The summed E-state index contributed by atoms with van der Waals surface area (Å²) in [7, 11) is 0. The Labute approximate surface area is 112 Å². The Morgan fingerprint density at radius 1 is 1.21 bits per heavy atom. The Morgan fingerprint density at radius 3 is 2.63 bits per heavy atom. The van der Waals surface area contributed by atoms with Gasteiger partial charge in [-0.2, -0.15) is 0 Å². The zero-order valence-electron chi connectivity index (χ0n) is 11.0. The molecule has 2 aromatic rings. The zero-order valence-corrected chi connectivity index (χ0v) is 11.0. The molecule has 19 heavy (non-hydrogen) atoms. The van der Waals surface area contributed by atoms with Gasteiger partial charge in [-0.3, -0.25) is 0 Å². The van der Waals surface area contributed by atoms with E-state index >= 15 is 0 Å². The molecule has 0 aliphatic heterocycles. The summed E-state index contributed by atoms with van der Waals surface area (Å²) < 4.78 is 5.66.